The zero-order chi connectivity index (χ0) is 14.6. The van der Waals surface area contributed by atoms with Crippen molar-refractivity contribution in [3.05, 3.63) is 34.9 Å². The van der Waals surface area contributed by atoms with Crippen LogP contribution < -0.4 is 0 Å². The highest BCUT2D eigenvalue weighted by Gasteiger charge is 2.42. The molecule has 1 aliphatic heterocycles. The summed E-state index contributed by atoms with van der Waals surface area (Å²) in [5, 5.41) is 0.706. The van der Waals surface area contributed by atoms with Crippen LogP contribution in [0.2, 0.25) is 5.02 Å². The van der Waals surface area contributed by atoms with Crippen molar-refractivity contribution < 1.29 is 14.2 Å². The van der Waals surface area contributed by atoms with E-state index < -0.39 is 5.79 Å². The van der Waals surface area contributed by atoms with E-state index in [0.29, 0.717) is 11.6 Å². The lowest BCUT2D eigenvalue weighted by Gasteiger charge is -2.18. The second-order valence-electron chi connectivity index (χ2n) is 5.54. The Hall–Kier alpha value is -0.610. The molecular weight excluding hydrogens is 276 g/mol. The molecule has 0 amide bonds. The molecule has 1 saturated heterocycles. The van der Waals surface area contributed by atoms with Crippen molar-refractivity contribution in [3.8, 4) is 0 Å². The second-order valence-corrected chi connectivity index (χ2v) is 5.95. The molecule has 0 N–H and O–H groups in total. The van der Waals surface area contributed by atoms with Gasteiger partial charge >= 0.3 is 0 Å². The van der Waals surface area contributed by atoms with Crippen LogP contribution in [-0.4, -0.2) is 25.1 Å². The van der Waals surface area contributed by atoms with Gasteiger partial charge in [0.2, 0.25) is 0 Å². The predicted molar refractivity (Wildman–Crippen MR) is 80.0 cm³/mol. The van der Waals surface area contributed by atoms with Crippen LogP contribution in [0.15, 0.2) is 24.3 Å². The van der Waals surface area contributed by atoms with Crippen molar-refractivity contribution in [2.75, 3.05) is 13.2 Å². The smallest absolute Gasteiger partial charge is 0.164 e. The van der Waals surface area contributed by atoms with Gasteiger partial charge in [-0.1, -0.05) is 43.1 Å². The average Bonchev–Trinajstić information content (AvgIpc) is 2.70. The summed E-state index contributed by atoms with van der Waals surface area (Å²) < 4.78 is 17.6. The van der Waals surface area contributed by atoms with E-state index in [1.54, 1.807) is 0 Å². The molecule has 3 nitrogen and oxygen atoms in total. The summed E-state index contributed by atoms with van der Waals surface area (Å²) in [4.78, 5) is 0. The molecule has 0 saturated carbocycles. The second kappa shape index (κ2) is 6.90. The maximum Gasteiger partial charge on any atom is 0.164 e. The van der Waals surface area contributed by atoms with Crippen LogP contribution in [0.5, 0.6) is 0 Å². The zero-order valence-electron chi connectivity index (χ0n) is 12.4. The number of unbranched alkanes of at least 4 members (excludes halogenated alkanes) is 1. The first-order valence-electron chi connectivity index (χ1n) is 7.21. The average molecular weight is 299 g/mol. The van der Waals surface area contributed by atoms with Crippen molar-refractivity contribution >= 4 is 11.6 Å². The first-order valence-corrected chi connectivity index (χ1v) is 7.59. The van der Waals surface area contributed by atoms with Gasteiger partial charge in [-0.25, -0.2) is 0 Å². The van der Waals surface area contributed by atoms with Gasteiger partial charge in [-0.15, -0.1) is 0 Å². The minimum atomic E-state index is -0.609. The number of ether oxygens (including phenoxy) is 3. The summed E-state index contributed by atoms with van der Waals surface area (Å²) in [6.45, 7) is 7.27. The fourth-order valence-electron chi connectivity index (χ4n) is 2.37. The highest BCUT2D eigenvalue weighted by Crippen LogP contribution is 2.40. The molecule has 20 heavy (non-hydrogen) atoms. The van der Waals surface area contributed by atoms with Crippen LogP contribution in [0.4, 0.5) is 0 Å². The Kier molecular flexibility index (Phi) is 5.44. The zero-order valence-corrected chi connectivity index (χ0v) is 13.2. The fourth-order valence-corrected chi connectivity index (χ4v) is 2.62. The van der Waals surface area contributed by atoms with Gasteiger partial charge in [0, 0.05) is 17.2 Å². The Morgan fingerprint density at radius 3 is 2.70 bits per heavy atom. The Balaban J connectivity index is 2.06. The van der Waals surface area contributed by atoms with E-state index in [-0.39, 0.29) is 12.2 Å². The Morgan fingerprint density at radius 1 is 1.25 bits per heavy atom. The third kappa shape index (κ3) is 3.95. The summed E-state index contributed by atoms with van der Waals surface area (Å²) in [5.74, 6) is -0.609. The lowest BCUT2D eigenvalue weighted by Crippen LogP contribution is -2.24. The Labute approximate surface area is 126 Å². The third-order valence-corrected chi connectivity index (χ3v) is 3.66. The van der Waals surface area contributed by atoms with Gasteiger partial charge in [0.25, 0.3) is 0 Å². The summed E-state index contributed by atoms with van der Waals surface area (Å²) in [6.07, 6.45) is 1.89. The predicted octanol–water partition coefficient (Wildman–Crippen LogP) is 4.35. The van der Waals surface area contributed by atoms with Crippen LogP contribution in [0, 0.1) is 0 Å². The lowest BCUT2D eigenvalue weighted by atomic mass is 10.1. The normalized spacial score (nSPS) is 25.0. The van der Waals surface area contributed by atoms with Crippen LogP contribution in [-0.2, 0) is 14.2 Å². The Morgan fingerprint density at radius 2 is 2.00 bits per heavy atom. The highest BCUT2D eigenvalue weighted by molar-refractivity contribution is 6.31. The number of halogens is 1. The van der Waals surface area contributed by atoms with E-state index in [4.69, 9.17) is 25.8 Å². The molecule has 2 atom stereocenters. The van der Waals surface area contributed by atoms with E-state index in [9.17, 15) is 0 Å². The minimum Gasteiger partial charge on any atom is -0.379 e. The number of rotatable bonds is 6. The molecule has 1 aliphatic rings. The van der Waals surface area contributed by atoms with Gasteiger partial charge in [0.15, 0.2) is 5.79 Å². The van der Waals surface area contributed by atoms with E-state index in [0.717, 1.165) is 25.0 Å². The molecule has 1 fully saturated rings. The molecule has 1 heterocycles. The van der Waals surface area contributed by atoms with Crippen molar-refractivity contribution in [2.45, 2.75) is 51.6 Å². The van der Waals surface area contributed by atoms with Gasteiger partial charge in [-0.3, -0.25) is 0 Å². The fraction of sp³-hybridized carbons (Fsp3) is 0.625. The first kappa shape index (κ1) is 15.8. The van der Waals surface area contributed by atoms with Crippen LogP contribution in [0.25, 0.3) is 0 Å². The molecule has 1 aromatic rings. The SMILES string of the molecule is CCCCOC[C@@H]1OC(C)(C)O[C@@H]1c1ccccc1Cl. The van der Waals surface area contributed by atoms with E-state index in [1.807, 2.05) is 38.1 Å². The molecule has 0 aromatic heterocycles. The van der Waals surface area contributed by atoms with E-state index in [2.05, 4.69) is 6.92 Å². The van der Waals surface area contributed by atoms with E-state index in [1.165, 1.54) is 0 Å². The van der Waals surface area contributed by atoms with Gasteiger partial charge in [-0.2, -0.15) is 0 Å². The summed E-state index contributed by atoms with van der Waals surface area (Å²) in [6, 6.07) is 7.74. The van der Waals surface area contributed by atoms with Crippen molar-refractivity contribution in [2.24, 2.45) is 0 Å². The van der Waals surface area contributed by atoms with Crippen molar-refractivity contribution in [1.29, 1.82) is 0 Å². The molecular formula is C16H23ClO3. The number of hydrogen-bond donors (Lipinski definition) is 0. The standard InChI is InChI=1S/C16H23ClO3/c1-4-5-10-18-11-14-15(20-16(2,3)19-14)12-8-6-7-9-13(12)17/h6-9,14-15H,4-5,10-11H2,1-3H3/t14-,15+/m0/s1. The molecule has 2 rings (SSSR count). The quantitative estimate of drug-likeness (QED) is 0.731. The molecule has 1 aromatic carbocycles. The van der Waals surface area contributed by atoms with Crippen LogP contribution in [0.1, 0.15) is 45.3 Å². The highest BCUT2D eigenvalue weighted by atomic mass is 35.5. The first-order chi connectivity index (χ1) is 9.53. The summed E-state index contributed by atoms with van der Waals surface area (Å²) in [7, 11) is 0. The molecule has 0 aliphatic carbocycles. The molecule has 4 heteroatoms. The van der Waals surface area contributed by atoms with Gasteiger partial charge in [0.05, 0.1) is 6.61 Å². The maximum absolute atomic E-state index is 6.27. The van der Waals surface area contributed by atoms with Crippen molar-refractivity contribution in [3.63, 3.8) is 0 Å². The molecule has 0 bridgehead atoms. The van der Waals surface area contributed by atoms with Gasteiger partial charge in [-0.05, 0) is 26.3 Å². The van der Waals surface area contributed by atoms with Gasteiger partial charge in [0.1, 0.15) is 12.2 Å². The molecule has 0 spiro atoms. The van der Waals surface area contributed by atoms with Crippen molar-refractivity contribution in [1.82, 2.24) is 0 Å². The largest absolute Gasteiger partial charge is 0.379 e. The number of hydrogen-bond acceptors (Lipinski definition) is 3. The summed E-state index contributed by atoms with van der Waals surface area (Å²) in [5.41, 5.74) is 0.962. The third-order valence-electron chi connectivity index (χ3n) is 3.32. The molecule has 112 valence electrons. The maximum atomic E-state index is 6.27. The monoisotopic (exact) mass is 298 g/mol. The van der Waals surface area contributed by atoms with E-state index >= 15 is 0 Å². The van der Waals surface area contributed by atoms with Gasteiger partial charge < -0.3 is 14.2 Å². The molecule has 0 radical (unpaired) electrons. The lowest BCUT2D eigenvalue weighted by molar-refractivity contribution is -0.151. The van der Waals surface area contributed by atoms with Crippen LogP contribution in [0.3, 0.4) is 0 Å². The topological polar surface area (TPSA) is 27.7 Å². The number of benzene rings is 1. The van der Waals surface area contributed by atoms with Crippen LogP contribution >= 0.6 is 11.6 Å². The molecule has 0 unspecified atom stereocenters. The minimum absolute atomic E-state index is 0.123. The summed E-state index contributed by atoms with van der Waals surface area (Å²) >= 11 is 6.27. The Bertz CT molecular complexity index is 433.